The van der Waals surface area contributed by atoms with Crippen molar-refractivity contribution in [3.8, 4) is 0 Å². The number of carbonyl (C=O) groups is 1. The minimum absolute atomic E-state index is 0.133. The van der Waals surface area contributed by atoms with E-state index in [1.54, 1.807) is 6.07 Å². The lowest BCUT2D eigenvalue weighted by Crippen LogP contribution is -2.25. The number of hydrogen-bond acceptors (Lipinski definition) is 3. The zero-order valence-corrected chi connectivity index (χ0v) is 8.86. The van der Waals surface area contributed by atoms with Crippen molar-refractivity contribution in [1.29, 1.82) is 0 Å². The number of nitrogens with zero attached hydrogens (tertiary/aromatic N) is 2. The maximum atomic E-state index is 11.5. The van der Waals surface area contributed by atoms with Crippen molar-refractivity contribution in [1.82, 2.24) is 15.5 Å². The lowest BCUT2D eigenvalue weighted by molar-refractivity contribution is 0.0947. The fourth-order valence-electron chi connectivity index (χ4n) is 1.39. The Morgan fingerprint density at radius 2 is 2.27 bits per heavy atom. The Morgan fingerprint density at radius 3 is 2.80 bits per heavy atom. The van der Waals surface area contributed by atoms with E-state index in [0.29, 0.717) is 18.2 Å². The highest BCUT2D eigenvalue weighted by Gasteiger charge is 2.25. The van der Waals surface area contributed by atoms with Gasteiger partial charge >= 0.3 is 0 Å². The highest BCUT2D eigenvalue weighted by Crippen LogP contribution is 2.38. The minimum atomic E-state index is -0.133. The quantitative estimate of drug-likeness (QED) is 0.810. The average Bonchev–Trinajstić information content (AvgIpc) is 3.10. The van der Waals surface area contributed by atoms with Gasteiger partial charge in [-0.2, -0.15) is 5.10 Å². The second-order valence-corrected chi connectivity index (χ2v) is 3.87. The molecule has 1 aromatic rings. The lowest BCUT2D eigenvalue weighted by atomic mass is 10.2. The molecule has 4 heteroatoms. The molecule has 0 atom stereocenters. The van der Waals surface area contributed by atoms with E-state index in [0.717, 1.165) is 12.1 Å². The van der Waals surface area contributed by atoms with Gasteiger partial charge in [0.05, 0.1) is 5.69 Å². The normalized spacial score (nSPS) is 15.0. The molecule has 1 saturated carbocycles. The molecule has 0 unspecified atom stereocenters. The summed E-state index contributed by atoms with van der Waals surface area (Å²) < 4.78 is 0. The molecule has 1 aliphatic rings. The van der Waals surface area contributed by atoms with Gasteiger partial charge in [0, 0.05) is 12.5 Å². The van der Waals surface area contributed by atoms with Gasteiger partial charge in [0.1, 0.15) is 0 Å². The van der Waals surface area contributed by atoms with E-state index in [1.807, 2.05) is 13.0 Å². The van der Waals surface area contributed by atoms with Crippen LogP contribution in [0.3, 0.4) is 0 Å². The monoisotopic (exact) mass is 205 g/mol. The highest BCUT2D eigenvalue weighted by molar-refractivity contribution is 5.91. The molecule has 0 aromatic carbocycles. The fraction of sp³-hybridized carbons (Fsp3) is 0.545. The molecule has 1 aliphatic carbocycles. The summed E-state index contributed by atoms with van der Waals surface area (Å²) >= 11 is 0. The maximum Gasteiger partial charge on any atom is 0.271 e. The third kappa shape index (κ3) is 2.52. The molecular weight excluding hydrogens is 190 g/mol. The van der Waals surface area contributed by atoms with E-state index in [-0.39, 0.29) is 5.91 Å². The van der Waals surface area contributed by atoms with Crippen molar-refractivity contribution in [2.24, 2.45) is 0 Å². The maximum absolute atomic E-state index is 11.5. The molecule has 1 heterocycles. The molecule has 15 heavy (non-hydrogen) atoms. The van der Waals surface area contributed by atoms with Crippen LogP contribution < -0.4 is 5.32 Å². The van der Waals surface area contributed by atoms with Gasteiger partial charge in [0.15, 0.2) is 5.69 Å². The van der Waals surface area contributed by atoms with Gasteiger partial charge < -0.3 is 5.32 Å². The molecule has 0 radical (unpaired) electrons. The fourth-order valence-corrected chi connectivity index (χ4v) is 1.39. The summed E-state index contributed by atoms with van der Waals surface area (Å²) in [5.74, 6) is 0.456. The summed E-state index contributed by atoms with van der Waals surface area (Å²) in [5, 5.41) is 10.8. The van der Waals surface area contributed by atoms with E-state index < -0.39 is 0 Å². The van der Waals surface area contributed by atoms with Gasteiger partial charge in [-0.25, -0.2) is 0 Å². The average molecular weight is 205 g/mol. The number of carbonyl (C=O) groups excluding carboxylic acids is 1. The van der Waals surface area contributed by atoms with Crippen LogP contribution in [0, 0.1) is 0 Å². The van der Waals surface area contributed by atoms with Crippen LogP contribution in [-0.2, 0) is 0 Å². The Morgan fingerprint density at radius 1 is 1.47 bits per heavy atom. The number of hydrogen-bond donors (Lipinski definition) is 1. The molecule has 0 bridgehead atoms. The minimum Gasteiger partial charge on any atom is -0.351 e. The van der Waals surface area contributed by atoms with E-state index in [4.69, 9.17) is 0 Å². The summed E-state index contributed by atoms with van der Waals surface area (Å²) in [6, 6.07) is 3.66. The molecule has 0 aliphatic heterocycles. The Bertz CT molecular complexity index is 343. The van der Waals surface area contributed by atoms with Gasteiger partial charge in [0.25, 0.3) is 5.91 Å². The van der Waals surface area contributed by atoms with Gasteiger partial charge in [-0.3, -0.25) is 4.79 Å². The third-order valence-electron chi connectivity index (χ3n) is 2.45. The molecule has 80 valence electrons. The summed E-state index contributed by atoms with van der Waals surface area (Å²) in [5.41, 5.74) is 1.43. The topological polar surface area (TPSA) is 54.9 Å². The second kappa shape index (κ2) is 4.38. The molecule has 1 aromatic heterocycles. The molecule has 0 saturated heterocycles. The summed E-state index contributed by atoms with van der Waals surface area (Å²) in [7, 11) is 0. The predicted molar refractivity (Wildman–Crippen MR) is 56.6 cm³/mol. The van der Waals surface area contributed by atoms with Crippen LogP contribution in [0.25, 0.3) is 0 Å². The van der Waals surface area contributed by atoms with Crippen LogP contribution in [0.4, 0.5) is 0 Å². The van der Waals surface area contributed by atoms with Crippen molar-refractivity contribution in [2.45, 2.75) is 32.1 Å². The van der Waals surface area contributed by atoms with Gasteiger partial charge in [-0.05, 0) is 31.4 Å². The summed E-state index contributed by atoms with van der Waals surface area (Å²) in [6.07, 6.45) is 3.34. The first-order chi connectivity index (χ1) is 7.31. The first kappa shape index (κ1) is 10.1. The SMILES string of the molecule is CCCNC(=O)c1ccc(C2CC2)nn1. The lowest BCUT2D eigenvalue weighted by Gasteiger charge is -2.02. The molecule has 1 amide bonds. The molecule has 0 spiro atoms. The van der Waals surface area contributed by atoms with Gasteiger partial charge in [0.2, 0.25) is 0 Å². The molecule has 2 rings (SSSR count). The van der Waals surface area contributed by atoms with Crippen LogP contribution in [0.15, 0.2) is 12.1 Å². The second-order valence-electron chi connectivity index (χ2n) is 3.87. The third-order valence-corrected chi connectivity index (χ3v) is 2.45. The van der Waals surface area contributed by atoms with E-state index >= 15 is 0 Å². The largest absolute Gasteiger partial charge is 0.351 e. The summed E-state index contributed by atoms with van der Waals surface area (Å²) in [4.78, 5) is 11.5. The molecular formula is C11H15N3O. The van der Waals surface area contributed by atoms with Crippen LogP contribution in [0.5, 0.6) is 0 Å². The van der Waals surface area contributed by atoms with Crippen LogP contribution in [0.2, 0.25) is 0 Å². The summed E-state index contributed by atoms with van der Waals surface area (Å²) in [6.45, 7) is 2.70. The Balaban J connectivity index is 1.99. The van der Waals surface area contributed by atoms with Crippen LogP contribution >= 0.6 is 0 Å². The van der Waals surface area contributed by atoms with E-state index in [2.05, 4.69) is 15.5 Å². The van der Waals surface area contributed by atoms with Crippen molar-refractivity contribution in [3.63, 3.8) is 0 Å². The van der Waals surface area contributed by atoms with E-state index in [1.165, 1.54) is 12.8 Å². The number of rotatable bonds is 4. The zero-order chi connectivity index (χ0) is 10.7. The predicted octanol–water partition coefficient (Wildman–Crippen LogP) is 1.49. The van der Waals surface area contributed by atoms with Crippen LogP contribution in [0.1, 0.15) is 48.3 Å². The number of aromatic nitrogens is 2. The van der Waals surface area contributed by atoms with Crippen LogP contribution in [-0.4, -0.2) is 22.6 Å². The van der Waals surface area contributed by atoms with Gasteiger partial charge in [-0.15, -0.1) is 5.10 Å². The van der Waals surface area contributed by atoms with Crippen molar-refractivity contribution >= 4 is 5.91 Å². The van der Waals surface area contributed by atoms with Gasteiger partial charge in [-0.1, -0.05) is 6.92 Å². The van der Waals surface area contributed by atoms with Crippen molar-refractivity contribution in [3.05, 3.63) is 23.5 Å². The molecule has 4 nitrogen and oxygen atoms in total. The van der Waals surface area contributed by atoms with Crippen molar-refractivity contribution in [2.75, 3.05) is 6.54 Å². The first-order valence-electron chi connectivity index (χ1n) is 5.43. The standard InChI is InChI=1S/C11H15N3O/c1-2-7-12-11(15)10-6-5-9(13-14-10)8-3-4-8/h5-6,8H,2-4,7H2,1H3,(H,12,15). The zero-order valence-electron chi connectivity index (χ0n) is 8.86. The molecule has 1 fully saturated rings. The first-order valence-corrected chi connectivity index (χ1v) is 5.43. The van der Waals surface area contributed by atoms with E-state index in [9.17, 15) is 4.79 Å². The molecule has 1 N–H and O–H groups in total. The number of amides is 1. The Labute approximate surface area is 89.1 Å². The smallest absolute Gasteiger partial charge is 0.271 e. The van der Waals surface area contributed by atoms with Crippen molar-refractivity contribution < 1.29 is 4.79 Å². The highest BCUT2D eigenvalue weighted by atomic mass is 16.1. The Hall–Kier alpha value is -1.45. The Kier molecular flexibility index (Phi) is 2.94. The number of nitrogens with one attached hydrogen (secondary N) is 1.